The fraction of sp³-hybridized carbons (Fsp3) is 0.391. The Morgan fingerprint density at radius 3 is 2.61 bits per heavy atom. The standard InChI is InChI=1S/C23H26N4O/c24-17-4-6-18(7-5-17)27-22-19-11-15(16-9-10-25-12-16)3-8-21(19)26-13-20(22)23(28)14-1-2-14/h3,8-14,17-18,25H,1-2,4-7,24H2,(H,26,27)/t17-,18-. The highest BCUT2D eigenvalue weighted by molar-refractivity contribution is 6.10. The van der Waals surface area contributed by atoms with Crippen LogP contribution in [0.5, 0.6) is 0 Å². The van der Waals surface area contributed by atoms with E-state index in [1.54, 1.807) is 6.20 Å². The third-order valence-electron chi connectivity index (χ3n) is 6.13. The van der Waals surface area contributed by atoms with Crippen molar-refractivity contribution in [3.05, 3.63) is 48.4 Å². The molecule has 0 radical (unpaired) electrons. The Morgan fingerprint density at radius 1 is 1.07 bits per heavy atom. The first-order valence-corrected chi connectivity index (χ1v) is 10.3. The predicted molar refractivity (Wildman–Crippen MR) is 112 cm³/mol. The minimum Gasteiger partial charge on any atom is -0.381 e. The second-order valence-electron chi connectivity index (χ2n) is 8.27. The van der Waals surface area contributed by atoms with Gasteiger partial charge in [0.15, 0.2) is 5.78 Å². The Kier molecular flexibility index (Phi) is 4.40. The van der Waals surface area contributed by atoms with Gasteiger partial charge in [-0.1, -0.05) is 6.07 Å². The molecule has 2 heterocycles. The second-order valence-corrected chi connectivity index (χ2v) is 8.27. The van der Waals surface area contributed by atoms with Gasteiger partial charge < -0.3 is 16.0 Å². The first-order valence-electron chi connectivity index (χ1n) is 10.3. The Bertz CT molecular complexity index is 999. The van der Waals surface area contributed by atoms with Gasteiger partial charge in [0.25, 0.3) is 0 Å². The Morgan fingerprint density at radius 2 is 1.89 bits per heavy atom. The van der Waals surface area contributed by atoms with Crippen LogP contribution in [0, 0.1) is 5.92 Å². The summed E-state index contributed by atoms with van der Waals surface area (Å²) < 4.78 is 0. The van der Waals surface area contributed by atoms with Gasteiger partial charge in [0.2, 0.25) is 0 Å². The molecule has 5 heteroatoms. The number of rotatable bonds is 5. The maximum atomic E-state index is 13.0. The van der Waals surface area contributed by atoms with Crippen molar-refractivity contribution in [1.29, 1.82) is 0 Å². The number of benzene rings is 1. The van der Waals surface area contributed by atoms with Crippen LogP contribution in [0.15, 0.2) is 42.9 Å². The van der Waals surface area contributed by atoms with Crippen LogP contribution in [0.2, 0.25) is 0 Å². The summed E-state index contributed by atoms with van der Waals surface area (Å²) in [4.78, 5) is 20.7. The summed E-state index contributed by atoms with van der Waals surface area (Å²) in [5, 5.41) is 4.75. The molecule has 2 aliphatic carbocycles. The van der Waals surface area contributed by atoms with E-state index < -0.39 is 0 Å². The maximum Gasteiger partial charge on any atom is 0.169 e. The number of carbonyl (C=O) groups excluding carboxylic acids is 1. The summed E-state index contributed by atoms with van der Waals surface area (Å²) in [5.41, 5.74) is 11.0. The minimum atomic E-state index is 0.174. The van der Waals surface area contributed by atoms with Gasteiger partial charge in [0.1, 0.15) is 0 Å². The van der Waals surface area contributed by atoms with E-state index in [9.17, 15) is 4.79 Å². The highest BCUT2D eigenvalue weighted by atomic mass is 16.1. The molecule has 0 aliphatic heterocycles. The fourth-order valence-corrected chi connectivity index (χ4v) is 4.25. The third-order valence-corrected chi connectivity index (χ3v) is 6.13. The van der Waals surface area contributed by atoms with E-state index in [0.29, 0.717) is 12.1 Å². The summed E-state index contributed by atoms with van der Waals surface area (Å²) in [6.07, 6.45) is 11.8. The molecule has 2 fully saturated rings. The lowest BCUT2D eigenvalue weighted by atomic mass is 9.91. The molecule has 1 aromatic carbocycles. The summed E-state index contributed by atoms with van der Waals surface area (Å²) in [6, 6.07) is 9.01. The van der Waals surface area contributed by atoms with E-state index in [1.165, 1.54) is 0 Å². The van der Waals surface area contributed by atoms with Crippen molar-refractivity contribution in [2.75, 3.05) is 5.32 Å². The second kappa shape index (κ2) is 7.06. The average Bonchev–Trinajstić information content (AvgIpc) is 3.43. The Labute approximate surface area is 164 Å². The lowest BCUT2D eigenvalue weighted by molar-refractivity contribution is 0.0968. The van der Waals surface area contributed by atoms with Gasteiger partial charge >= 0.3 is 0 Å². The van der Waals surface area contributed by atoms with Crippen LogP contribution >= 0.6 is 0 Å². The van der Waals surface area contributed by atoms with Gasteiger partial charge in [-0.05, 0) is 67.9 Å². The van der Waals surface area contributed by atoms with Gasteiger partial charge in [-0.25, -0.2) is 0 Å². The molecular formula is C23H26N4O. The molecule has 0 spiro atoms. The van der Waals surface area contributed by atoms with Crippen LogP contribution < -0.4 is 11.1 Å². The summed E-state index contributed by atoms with van der Waals surface area (Å²) in [5.74, 6) is 0.406. The third kappa shape index (κ3) is 3.31. The average molecular weight is 374 g/mol. The molecular weight excluding hydrogens is 348 g/mol. The predicted octanol–water partition coefficient (Wildman–Crippen LogP) is 4.50. The molecule has 0 bridgehead atoms. The molecule has 28 heavy (non-hydrogen) atoms. The molecule has 0 saturated heterocycles. The van der Waals surface area contributed by atoms with Crippen molar-refractivity contribution in [2.45, 2.75) is 50.6 Å². The first kappa shape index (κ1) is 17.4. The number of ketones is 1. The number of Topliss-reactive ketones (excluding diaryl/α,β-unsaturated/α-hetero) is 1. The molecule has 0 unspecified atom stereocenters. The number of nitrogens with zero attached hydrogens (tertiary/aromatic N) is 1. The molecule has 2 aliphatic rings. The number of hydrogen-bond donors (Lipinski definition) is 3. The molecule has 5 nitrogen and oxygen atoms in total. The van der Waals surface area contributed by atoms with Gasteiger partial charge in [-0.3, -0.25) is 9.78 Å². The van der Waals surface area contributed by atoms with Gasteiger partial charge in [-0.2, -0.15) is 0 Å². The molecule has 5 rings (SSSR count). The zero-order valence-electron chi connectivity index (χ0n) is 15.9. The topological polar surface area (TPSA) is 83.8 Å². The smallest absolute Gasteiger partial charge is 0.169 e. The van der Waals surface area contributed by atoms with Crippen molar-refractivity contribution in [1.82, 2.24) is 9.97 Å². The number of aromatic nitrogens is 2. The lowest BCUT2D eigenvalue weighted by Gasteiger charge is -2.29. The van der Waals surface area contributed by atoms with Crippen molar-refractivity contribution >= 4 is 22.4 Å². The number of anilines is 1. The number of nitrogens with two attached hydrogens (primary N) is 1. The van der Waals surface area contributed by atoms with Crippen LogP contribution in [-0.4, -0.2) is 27.8 Å². The highest BCUT2D eigenvalue weighted by Crippen LogP contribution is 2.38. The zero-order valence-corrected chi connectivity index (χ0v) is 15.9. The van der Waals surface area contributed by atoms with Crippen LogP contribution in [0.1, 0.15) is 48.9 Å². The number of fused-ring (bicyclic) bond motifs is 1. The summed E-state index contributed by atoms with van der Waals surface area (Å²) in [6.45, 7) is 0. The van der Waals surface area contributed by atoms with Crippen LogP contribution in [0.4, 0.5) is 5.69 Å². The summed E-state index contributed by atoms with van der Waals surface area (Å²) >= 11 is 0. The lowest BCUT2D eigenvalue weighted by Crippen LogP contribution is -2.33. The van der Waals surface area contributed by atoms with Crippen LogP contribution in [0.25, 0.3) is 22.0 Å². The fourth-order valence-electron chi connectivity index (χ4n) is 4.25. The van der Waals surface area contributed by atoms with Crippen LogP contribution in [0.3, 0.4) is 0 Å². The van der Waals surface area contributed by atoms with Gasteiger partial charge in [0.05, 0.1) is 16.8 Å². The van der Waals surface area contributed by atoms with E-state index in [0.717, 1.165) is 71.8 Å². The first-order chi connectivity index (χ1) is 13.7. The number of aromatic amines is 1. The van der Waals surface area contributed by atoms with E-state index in [1.807, 2.05) is 18.5 Å². The van der Waals surface area contributed by atoms with E-state index in [-0.39, 0.29) is 11.7 Å². The van der Waals surface area contributed by atoms with E-state index in [4.69, 9.17) is 5.73 Å². The number of hydrogen-bond acceptors (Lipinski definition) is 4. The van der Waals surface area contributed by atoms with Crippen molar-refractivity contribution < 1.29 is 4.79 Å². The van der Waals surface area contributed by atoms with Gasteiger partial charge in [0, 0.05) is 42.0 Å². The molecule has 4 N–H and O–H groups in total. The molecule has 2 aromatic heterocycles. The molecule has 3 aromatic rings. The molecule has 0 amide bonds. The molecule has 2 saturated carbocycles. The zero-order chi connectivity index (χ0) is 19.1. The van der Waals surface area contributed by atoms with Crippen LogP contribution in [-0.2, 0) is 0 Å². The minimum absolute atomic E-state index is 0.174. The number of pyridine rings is 1. The largest absolute Gasteiger partial charge is 0.381 e. The Balaban J connectivity index is 1.60. The van der Waals surface area contributed by atoms with E-state index in [2.05, 4.69) is 33.5 Å². The number of nitrogens with one attached hydrogen (secondary N) is 2. The maximum absolute atomic E-state index is 13.0. The SMILES string of the molecule is N[C@H]1CC[C@H](Nc2c(C(=O)C3CC3)cnc3ccc(-c4cc[nH]c4)cc23)CC1. The molecule has 144 valence electrons. The van der Waals surface area contributed by atoms with Crippen molar-refractivity contribution in [2.24, 2.45) is 11.7 Å². The summed E-state index contributed by atoms with van der Waals surface area (Å²) in [7, 11) is 0. The van der Waals surface area contributed by atoms with Gasteiger partial charge in [-0.15, -0.1) is 0 Å². The Hall–Kier alpha value is -2.66. The number of H-pyrrole nitrogens is 1. The molecule has 0 atom stereocenters. The monoisotopic (exact) mass is 374 g/mol. The quantitative estimate of drug-likeness (QED) is 0.574. The van der Waals surface area contributed by atoms with Crippen molar-refractivity contribution in [3.8, 4) is 11.1 Å². The van der Waals surface area contributed by atoms with E-state index >= 15 is 0 Å². The van der Waals surface area contributed by atoms with Crippen molar-refractivity contribution in [3.63, 3.8) is 0 Å². The highest BCUT2D eigenvalue weighted by Gasteiger charge is 2.33. The normalized spacial score (nSPS) is 22.3. The number of carbonyl (C=O) groups is 1.